The van der Waals surface area contributed by atoms with Crippen molar-refractivity contribution in [2.75, 3.05) is 0 Å². The van der Waals surface area contributed by atoms with Gasteiger partial charge in [0.25, 0.3) is 5.43 Å². The quantitative estimate of drug-likeness (QED) is 0.595. The fourth-order valence-electron chi connectivity index (χ4n) is 5.36. The van der Waals surface area contributed by atoms with Crippen LogP contribution in [0.3, 0.4) is 0 Å². The van der Waals surface area contributed by atoms with Crippen LogP contribution in [0.2, 0.25) is 0 Å². The van der Waals surface area contributed by atoms with Crippen molar-refractivity contribution in [1.29, 1.82) is 0 Å². The number of rotatable bonds is 0. The lowest BCUT2D eigenvalue weighted by molar-refractivity contribution is 0.0968. The molecule has 31 heavy (non-hydrogen) atoms. The molecule has 1 N–H and O–H groups in total. The summed E-state index contributed by atoms with van der Waals surface area (Å²) in [6.07, 6.45) is 14.6. The van der Waals surface area contributed by atoms with Crippen LogP contribution >= 0.6 is 0 Å². The monoisotopic (exact) mass is 420 g/mol. The number of carbonyl (C=O) groups is 1. The lowest BCUT2D eigenvalue weighted by Gasteiger charge is -2.32. The number of ketones is 1. The summed E-state index contributed by atoms with van der Waals surface area (Å²) >= 11 is 0. The Morgan fingerprint density at radius 3 is 2.55 bits per heavy atom. The minimum absolute atomic E-state index is 0.140. The third-order valence-electron chi connectivity index (χ3n) is 6.96. The Labute approximate surface area is 180 Å². The predicted octanol–water partition coefficient (Wildman–Crippen LogP) is 3.96. The maximum Gasteiger partial charge on any atom is 0.252 e. The van der Waals surface area contributed by atoms with Gasteiger partial charge in [-0.05, 0) is 49.8 Å². The molecule has 0 aromatic carbocycles. The zero-order chi connectivity index (χ0) is 21.4. The number of hydrogen-bond donors (Lipinski definition) is 1. The smallest absolute Gasteiger partial charge is 0.252 e. The van der Waals surface area contributed by atoms with Crippen molar-refractivity contribution >= 4 is 16.8 Å². The second kappa shape index (κ2) is 7.94. The number of pyridine rings is 1. The van der Waals surface area contributed by atoms with E-state index < -0.39 is 11.2 Å². The fraction of sp³-hybridized carbons (Fsp3) is 0.500. The molecule has 3 aromatic rings. The number of hydrogen-bond acceptors (Lipinski definition) is 5. The number of aromatic hydroxyl groups is 1. The number of aryl methyl sites for hydroxylation is 1. The molecule has 0 atom stereocenters. The standard InChI is InChI=1S/C24H28N4O3/c29-19-10-4-2-1-3-8-17-14-28(23-18(17)9-7-13-25-23)24(11-5-6-12-24)16-27-15-20(30)22(31)21(19)26-27/h7,9,13-15,30H,1-6,8,10-12,16H2. The minimum atomic E-state index is -0.665. The third kappa shape index (κ3) is 3.56. The summed E-state index contributed by atoms with van der Waals surface area (Å²) in [5.74, 6) is -0.688. The first-order chi connectivity index (χ1) is 15.1. The van der Waals surface area contributed by atoms with Crippen molar-refractivity contribution in [2.24, 2.45) is 0 Å². The Hall–Kier alpha value is -2.96. The van der Waals surface area contributed by atoms with E-state index in [0.29, 0.717) is 13.0 Å². The van der Waals surface area contributed by atoms with Crippen molar-refractivity contribution in [2.45, 2.75) is 76.3 Å². The summed E-state index contributed by atoms with van der Waals surface area (Å²) in [6.45, 7) is 0.487. The first-order valence-electron chi connectivity index (χ1n) is 11.4. The Morgan fingerprint density at radius 2 is 1.74 bits per heavy atom. The number of aromatic nitrogens is 4. The van der Waals surface area contributed by atoms with Gasteiger partial charge in [-0.15, -0.1) is 0 Å². The molecule has 1 saturated carbocycles. The zero-order valence-corrected chi connectivity index (χ0v) is 17.7. The van der Waals surface area contributed by atoms with E-state index in [-0.39, 0.29) is 17.0 Å². The largest absolute Gasteiger partial charge is 0.503 e. The molecule has 2 aliphatic rings. The summed E-state index contributed by atoms with van der Waals surface area (Å²) in [7, 11) is 0. The van der Waals surface area contributed by atoms with Crippen LogP contribution in [0.4, 0.5) is 0 Å². The zero-order valence-electron chi connectivity index (χ0n) is 17.7. The van der Waals surface area contributed by atoms with Gasteiger partial charge in [0.05, 0.1) is 18.3 Å². The van der Waals surface area contributed by atoms with Gasteiger partial charge < -0.3 is 9.67 Å². The van der Waals surface area contributed by atoms with Crippen LogP contribution in [0, 0.1) is 0 Å². The highest BCUT2D eigenvalue weighted by molar-refractivity contribution is 5.94. The van der Waals surface area contributed by atoms with E-state index in [2.05, 4.69) is 21.9 Å². The van der Waals surface area contributed by atoms with Crippen molar-refractivity contribution in [3.8, 4) is 5.75 Å². The molecule has 162 valence electrons. The van der Waals surface area contributed by atoms with Gasteiger partial charge in [0, 0.05) is 24.2 Å². The molecular weight excluding hydrogens is 392 g/mol. The molecule has 0 amide bonds. The lowest BCUT2D eigenvalue weighted by atomic mass is 9.97. The normalized spacial score (nSPS) is 19.4. The number of fused-ring (bicyclic) bond motifs is 8. The van der Waals surface area contributed by atoms with E-state index in [4.69, 9.17) is 4.98 Å². The second-order valence-corrected chi connectivity index (χ2v) is 9.06. The van der Waals surface area contributed by atoms with Crippen molar-refractivity contribution < 1.29 is 9.90 Å². The van der Waals surface area contributed by atoms with Crippen LogP contribution in [0.1, 0.15) is 73.8 Å². The van der Waals surface area contributed by atoms with E-state index in [1.807, 2.05) is 12.3 Å². The van der Waals surface area contributed by atoms with Gasteiger partial charge in [-0.25, -0.2) is 4.98 Å². The predicted molar refractivity (Wildman–Crippen MR) is 117 cm³/mol. The molecule has 3 aromatic heterocycles. The summed E-state index contributed by atoms with van der Waals surface area (Å²) in [6, 6.07) is 4.15. The minimum Gasteiger partial charge on any atom is -0.503 e. The topological polar surface area (TPSA) is 90.0 Å². The van der Waals surface area contributed by atoms with Crippen molar-refractivity contribution in [3.05, 3.63) is 52.2 Å². The SMILES string of the molecule is O=C1CCCCCCc2cn(c3ncccc23)C2(CCCC2)Cn2cc(O)c(=O)c1n2. The number of Topliss-reactive ketones (excluding diaryl/α,β-unsaturated/α-hetero) is 1. The van der Waals surface area contributed by atoms with Gasteiger partial charge in [-0.2, -0.15) is 5.10 Å². The summed E-state index contributed by atoms with van der Waals surface area (Å²) in [5, 5.41) is 15.9. The van der Waals surface area contributed by atoms with Crippen LogP contribution in [0.15, 0.2) is 35.5 Å². The van der Waals surface area contributed by atoms with Crippen LogP contribution in [-0.2, 0) is 18.5 Å². The molecule has 0 unspecified atom stereocenters. The van der Waals surface area contributed by atoms with Crippen LogP contribution in [0.25, 0.3) is 11.0 Å². The molecule has 7 heteroatoms. The number of nitrogens with zero attached hydrogens (tertiary/aromatic N) is 4. The Bertz CT molecular complexity index is 1190. The highest BCUT2D eigenvalue weighted by Crippen LogP contribution is 2.41. The molecule has 4 bridgehead atoms. The first kappa shape index (κ1) is 20.0. The first-order valence-corrected chi connectivity index (χ1v) is 11.4. The van der Waals surface area contributed by atoms with E-state index in [9.17, 15) is 14.7 Å². The van der Waals surface area contributed by atoms with Gasteiger partial charge in [-0.1, -0.05) is 25.7 Å². The maximum atomic E-state index is 12.7. The molecule has 7 nitrogen and oxygen atoms in total. The van der Waals surface area contributed by atoms with Crippen molar-refractivity contribution in [1.82, 2.24) is 19.3 Å². The van der Waals surface area contributed by atoms with Gasteiger partial charge in [-0.3, -0.25) is 14.3 Å². The van der Waals surface area contributed by atoms with Crippen molar-refractivity contribution in [3.63, 3.8) is 0 Å². The Balaban J connectivity index is 1.68. The van der Waals surface area contributed by atoms with Gasteiger partial charge in [0.15, 0.2) is 17.2 Å². The van der Waals surface area contributed by atoms with Gasteiger partial charge in [0.2, 0.25) is 0 Å². The van der Waals surface area contributed by atoms with Crippen LogP contribution < -0.4 is 5.43 Å². The van der Waals surface area contributed by atoms with E-state index in [1.165, 1.54) is 17.1 Å². The molecular formula is C24H28N4O3. The fourth-order valence-corrected chi connectivity index (χ4v) is 5.36. The van der Waals surface area contributed by atoms with Crippen LogP contribution in [0.5, 0.6) is 5.75 Å². The Kier molecular flexibility index (Phi) is 5.12. The third-order valence-corrected chi connectivity index (χ3v) is 6.96. The summed E-state index contributed by atoms with van der Waals surface area (Å²) in [5.41, 5.74) is 1.24. The average molecular weight is 421 g/mol. The summed E-state index contributed by atoms with van der Waals surface area (Å²) in [4.78, 5) is 29.8. The second-order valence-electron chi connectivity index (χ2n) is 9.06. The molecule has 0 radical (unpaired) electrons. The molecule has 4 heterocycles. The van der Waals surface area contributed by atoms with E-state index in [1.54, 1.807) is 4.68 Å². The van der Waals surface area contributed by atoms with E-state index >= 15 is 0 Å². The molecule has 1 aliphatic heterocycles. The average Bonchev–Trinajstić information content (AvgIpc) is 3.38. The number of carbonyl (C=O) groups excluding carboxylic acids is 1. The molecule has 5 rings (SSSR count). The van der Waals surface area contributed by atoms with Gasteiger partial charge in [0.1, 0.15) is 5.65 Å². The van der Waals surface area contributed by atoms with Gasteiger partial charge >= 0.3 is 0 Å². The Morgan fingerprint density at radius 1 is 0.968 bits per heavy atom. The molecule has 1 spiro atoms. The highest BCUT2D eigenvalue weighted by atomic mass is 16.3. The summed E-state index contributed by atoms with van der Waals surface area (Å²) < 4.78 is 3.91. The molecule has 0 saturated heterocycles. The highest BCUT2D eigenvalue weighted by Gasteiger charge is 2.38. The van der Waals surface area contributed by atoms with Crippen LogP contribution in [-0.4, -0.2) is 30.2 Å². The van der Waals surface area contributed by atoms with E-state index in [0.717, 1.165) is 63.4 Å². The maximum absolute atomic E-state index is 12.7. The molecule has 1 aliphatic carbocycles. The lowest BCUT2D eigenvalue weighted by Crippen LogP contribution is -2.37. The molecule has 1 fully saturated rings.